The van der Waals surface area contributed by atoms with Crippen molar-refractivity contribution in [2.45, 2.75) is 37.4 Å². The van der Waals surface area contributed by atoms with Gasteiger partial charge < -0.3 is 23.6 Å². The molecule has 1 N–H and O–H groups in total. The second kappa shape index (κ2) is 9.10. The summed E-state index contributed by atoms with van der Waals surface area (Å²) < 4.78 is 22.2. The first-order valence-electron chi connectivity index (χ1n) is 8.22. The fraction of sp³-hybridized carbons (Fsp3) is 0.529. The maximum absolute atomic E-state index is 9.72. The van der Waals surface area contributed by atoms with Crippen LogP contribution in [0.25, 0.3) is 0 Å². The summed E-state index contributed by atoms with van der Waals surface area (Å²) in [6.45, 7) is 0.368. The van der Waals surface area contributed by atoms with Gasteiger partial charge in [-0.2, -0.15) is 0 Å². The molecule has 1 aromatic carbocycles. The molecular formula is C17H23ClO5P2. The van der Waals surface area contributed by atoms with Crippen LogP contribution in [-0.4, -0.2) is 36.3 Å². The van der Waals surface area contributed by atoms with Gasteiger partial charge in [0.2, 0.25) is 0 Å². The van der Waals surface area contributed by atoms with E-state index >= 15 is 0 Å². The molecule has 1 heterocycles. The first kappa shape index (κ1) is 19.5. The number of hydrogen-bond acceptors (Lipinski definition) is 5. The molecule has 3 rings (SSSR count). The van der Waals surface area contributed by atoms with Crippen molar-refractivity contribution < 1.29 is 23.6 Å². The van der Waals surface area contributed by atoms with E-state index in [1.807, 2.05) is 18.2 Å². The van der Waals surface area contributed by atoms with Gasteiger partial charge in [0, 0.05) is 42.7 Å². The molecule has 0 radical (unpaired) electrons. The molecule has 0 aromatic heterocycles. The Balaban J connectivity index is 1.60. The van der Waals surface area contributed by atoms with Crippen LogP contribution in [0.1, 0.15) is 12.8 Å². The summed E-state index contributed by atoms with van der Waals surface area (Å²) in [5.41, 5.74) is 0. The zero-order valence-electron chi connectivity index (χ0n) is 13.7. The van der Waals surface area contributed by atoms with Gasteiger partial charge in [0.05, 0.1) is 12.2 Å². The summed E-state index contributed by atoms with van der Waals surface area (Å²) in [6, 6.07) is 7.26. The third-order valence-corrected chi connectivity index (χ3v) is 5.71. The quantitative estimate of drug-likeness (QED) is 0.558. The predicted octanol–water partition coefficient (Wildman–Crippen LogP) is 3.37. The molecule has 25 heavy (non-hydrogen) atoms. The molecule has 1 saturated carbocycles. The van der Waals surface area contributed by atoms with Gasteiger partial charge in [-0.15, -0.1) is 0 Å². The minimum atomic E-state index is -0.670. The predicted molar refractivity (Wildman–Crippen MR) is 102 cm³/mol. The molecule has 8 heteroatoms. The Bertz CT molecular complexity index is 602. The molecule has 1 aliphatic heterocycles. The van der Waals surface area contributed by atoms with Gasteiger partial charge in [-0.1, -0.05) is 29.8 Å². The number of rotatable bonds is 7. The van der Waals surface area contributed by atoms with Gasteiger partial charge in [-0.05, 0) is 24.1 Å². The number of ether oxygens (including phenoxy) is 2. The van der Waals surface area contributed by atoms with Crippen LogP contribution in [0.3, 0.4) is 0 Å². The molecule has 1 saturated heterocycles. The van der Waals surface area contributed by atoms with Gasteiger partial charge in [-0.25, -0.2) is 0 Å². The lowest BCUT2D eigenvalue weighted by atomic mass is 9.91. The van der Waals surface area contributed by atoms with Gasteiger partial charge in [0.1, 0.15) is 18.5 Å². The molecule has 8 atom stereocenters. The van der Waals surface area contributed by atoms with Gasteiger partial charge in [0.15, 0.2) is 6.29 Å². The second-order valence-corrected chi connectivity index (χ2v) is 7.32. The monoisotopic (exact) mass is 404 g/mol. The van der Waals surface area contributed by atoms with E-state index in [4.69, 9.17) is 30.1 Å². The molecule has 0 bridgehead atoms. The molecule has 0 spiro atoms. The zero-order chi connectivity index (χ0) is 17.8. The van der Waals surface area contributed by atoms with Crippen molar-refractivity contribution in [3.8, 4) is 5.75 Å². The third kappa shape index (κ3) is 4.93. The number of aliphatic hydroxyl groups excluding tert-OH is 1. The molecule has 6 unspecified atom stereocenters. The fourth-order valence-electron chi connectivity index (χ4n) is 3.58. The van der Waals surface area contributed by atoms with Gasteiger partial charge >= 0.3 is 0 Å². The number of aliphatic hydroxyl groups is 1. The normalized spacial score (nSPS) is 32.9. The van der Waals surface area contributed by atoms with Crippen molar-refractivity contribution in [1.29, 1.82) is 0 Å². The average Bonchev–Trinajstić information content (AvgIpc) is 3.11. The number of halogens is 1. The van der Waals surface area contributed by atoms with Crippen LogP contribution in [0.15, 0.2) is 36.4 Å². The van der Waals surface area contributed by atoms with Crippen LogP contribution in [0, 0.1) is 11.8 Å². The van der Waals surface area contributed by atoms with E-state index in [-0.39, 0.29) is 30.1 Å². The van der Waals surface area contributed by atoms with Gasteiger partial charge in [0.25, 0.3) is 0 Å². The van der Waals surface area contributed by atoms with Crippen molar-refractivity contribution in [3.63, 3.8) is 0 Å². The number of benzene rings is 1. The highest BCUT2D eigenvalue weighted by atomic mass is 35.5. The lowest BCUT2D eigenvalue weighted by Gasteiger charge is -2.20. The van der Waals surface area contributed by atoms with Crippen LogP contribution in [0.4, 0.5) is 0 Å². The summed E-state index contributed by atoms with van der Waals surface area (Å²) >= 11 is 5.96. The molecule has 2 aliphatic rings. The Morgan fingerprint density at radius 3 is 2.92 bits per heavy atom. The second-order valence-electron chi connectivity index (χ2n) is 6.34. The van der Waals surface area contributed by atoms with Crippen LogP contribution in [-0.2, 0) is 13.8 Å². The summed E-state index contributed by atoms with van der Waals surface area (Å²) in [7, 11) is 4.61. The van der Waals surface area contributed by atoms with E-state index in [9.17, 15) is 5.11 Å². The summed E-state index contributed by atoms with van der Waals surface area (Å²) in [4.78, 5) is 0. The van der Waals surface area contributed by atoms with Crippen molar-refractivity contribution in [2.75, 3.05) is 6.61 Å². The first-order valence-corrected chi connectivity index (χ1v) is 9.54. The van der Waals surface area contributed by atoms with Crippen molar-refractivity contribution in [3.05, 3.63) is 41.4 Å². The molecule has 138 valence electrons. The van der Waals surface area contributed by atoms with E-state index < -0.39 is 6.29 Å². The highest BCUT2D eigenvalue weighted by Crippen LogP contribution is 2.45. The van der Waals surface area contributed by atoms with Crippen molar-refractivity contribution >= 4 is 30.5 Å². The molecular weight excluding hydrogens is 382 g/mol. The zero-order valence-corrected chi connectivity index (χ0v) is 16.7. The lowest BCUT2D eigenvalue weighted by Crippen LogP contribution is -2.21. The number of hydrogen-bond donors (Lipinski definition) is 1. The molecule has 1 aromatic rings. The summed E-state index contributed by atoms with van der Waals surface area (Å²) in [6.07, 6.45) is 4.71. The van der Waals surface area contributed by atoms with Crippen LogP contribution >= 0.6 is 30.5 Å². The van der Waals surface area contributed by atoms with E-state index in [1.165, 1.54) is 0 Å². The summed E-state index contributed by atoms with van der Waals surface area (Å²) in [5, 5.41) is 10.3. The van der Waals surface area contributed by atoms with E-state index in [2.05, 4.69) is 25.0 Å². The van der Waals surface area contributed by atoms with Crippen molar-refractivity contribution in [2.24, 2.45) is 11.8 Å². The maximum Gasteiger partial charge on any atom is 0.155 e. The van der Waals surface area contributed by atoms with Crippen molar-refractivity contribution in [1.82, 2.24) is 0 Å². The van der Waals surface area contributed by atoms with Crippen LogP contribution in [0.2, 0.25) is 5.02 Å². The standard InChI is InChI=1S/C17H23ClO5P2/c18-10-2-1-3-11(6-10)20-9-12(22-24)4-5-13-14-7-17(19)21-15(14)8-16(13)23-25/h1-6,12-17,19H,7-9,24-25H2/t12?,13-,14-,15?,16?,17?/m1/s1. The summed E-state index contributed by atoms with van der Waals surface area (Å²) in [5.74, 6) is 1.14. The Morgan fingerprint density at radius 1 is 1.36 bits per heavy atom. The Hall–Kier alpha value is -0.250. The Kier molecular flexibility index (Phi) is 7.10. The average molecular weight is 405 g/mol. The van der Waals surface area contributed by atoms with E-state index in [0.29, 0.717) is 23.8 Å². The highest BCUT2D eigenvalue weighted by molar-refractivity contribution is 7.10. The third-order valence-electron chi connectivity index (χ3n) is 4.78. The Labute approximate surface area is 157 Å². The number of fused-ring (bicyclic) bond motifs is 1. The molecule has 0 amide bonds. The molecule has 1 aliphatic carbocycles. The fourth-order valence-corrected chi connectivity index (χ4v) is 4.22. The topological polar surface area (TPSA) is 57.2 Å². The molecule has 5 nitrogen and oxygen atoms in total. The van der Waals surface area contributed by atoms with Crippen LogP contribution in [0.5, 0.6) is 5.75 Å². The first-order chi connectivity index (χ1) is 12.1. The van der Waals surface area contributed by atoms with Gasteiger partial charge in [-0.3, -0.25) is 0 Å². The molecule has 2 fully saturated rings. The van der Waals surface area contributed by atoms with E-state index in [1.54, 1.807) is 12.1 Å². The smallest absolute Gasteiger partial charge is 0.155 e. The Morgan fingerprint density at radius 2 is 2.20 bits per heavy atom. The van der Waals surface area contributed by atoms with Crippen LogP contribution < -0.4 is 4.74 Å². The maximum atomic E-state index is 9.72. The lowest BCUT2D eigenvalue weighted by molar-refractivity contribution is -0.0938. The largest absolute Gasteiger partial charge is 0.490 e. The minimum Gasteiger partial charge on any atom is -0.490 e. The minimum absolute atomic E-state index is 0.0493. The van der Waals surface area contributed by atoms with E-state index in [0.717, 1.165) is 6.42 Å². The highest BCUT2D eigenvalue weighted by Gasteiger charge is 2.48. The SMILES string of the molecule is OC1C[C@H]2C(CC(OP)[C@@H]2C=CC(COc2cccc(Cl)c2)OP)O1.